The molecule has 1 saturated carbocycles. The number of nitrogens with zero attached hydrogens (tertiary/aromatic N) is 1. The summed E-state index contributed by atoms with van der Waals surface area (Å²) >= 11 is 0. The Morgan fingerprint density at radius 3 is 2.67 bits per heavy atom. The third kappa shape index (κ3) is 2.80. The number of carbonyl (C=O) groups excluding carboxylic acids is 2. The number of ketones is 1. The highest BCUT2D eigenvalue weighted by molar-refractivity contribution is 5.99. The zero-order valence-corrected chi connectivity index (χ0v) is 12.7. The number of hydrogen-bond donors (Lipinski definition) is 1. The monoisotopic (exact) mass is 286 g/mol. The highest BCUT2D eigenvalue weighted by Gasteiger charge is 2.26. The van der Waals surface area contributed by atoms with Gasteiger partial charge in [0.25, 0.3) is 0 Å². The molecule has 112 valence electrons. The molecule has 0 unspecified atom stereocenters. The second-order valence-corrected chi connectivity index (χ2v) is 6.48. The Morgan fingerprint density at radius 1 is 1.24 bits per heavy atom. The summed E-state index contributed by atoms with van der Waals surface area (Å²) in [6.07, 6.45) is 4.32. The molecule has 0 atom stereocenters. The van der Waals surface area contributed by atoms with Crippen LogP contribution in [0.15, 0.2) is 18.2 Å². The highest BCUT2D eigenvalue weighted by Crippen LogP contribution is 2.32. The van der Waals surface area contributed by atoms with Crippen molar-refractivity contribution < 1.29 is 9.59 Å². The molecule has 1 aliphatic heterocycles. The fraction of sp³-hybridized carbons (Fsp3) is 0.529. The van der Waals surface area contributed by atoms with Gasteiger partial charge in [-0.2, -0.15) is 0 Å². The van der Waals surface area contributed by atoms with Crippen molar-refractivity contribution >= 4 is 17.5 Å². The fourth-order valence-corrected chi connectivity index (χ4v) is 3.30. The van der Waals surface area contributed by atoms with Crippen LogP contribution in [0.5, 0.6) is 0 Å². The first-order valence-electron chi connectivity index (χ1n) is 7.74. The lowest BCUT2D eigenvalue weighted by atomic mass is 9.79. The first-order chi connectivity index (χ1) is 10.0. The van der Waals surface area contributed by atoms with Crippen molar-refractivity contribution in [3.8, 4) is 0 Å². The predicted molar refractivity (Wildman–Crippen MR) is 82.4 cm³/mol. The molecule has 2 amide bonds. The molecule has 0 bridgehead atoms. The molecule has 1 N–H and O–H groups in total. The van der Waals surface area contributed by atoms with Gasteiger partial charge < -0.3 is 10.2 Å². The van der Waals surface area contributed by atoms with Crippen LogP contribution >= 0.6 is 0 Å². The molecule has 1 aliphatic carbocycles. The van der Waals surface area contributed by atoms with E-state index < -0.39 is 0 Å². The lowest BCUT2D eigenvalue weighted by molar-refractivity contribution is 0.0875. The molecule has 21 heavy (non-hydrogen) atoms. The molecule has 1 fully saturated rings. The molecule has 2 aliphatic rings. The zero-order valence-electron chi connectivity index (χ0n) is 12.7. The Balaban J connectivity index is 1.79. The van der Waals surface area contributed by atoms with Crippen molar-refractivity contribution in [2.24, 2.45) is 11.8 Å². The zero-order chi connectivity index (χ0) is 15.0. The van der Waals surface area contributed by atoms with Gasteiger partial charge in [0.1, 0.15) is 0 Å². The fourth-order valence-electron chi connectivity index (χ4n) is 3.30. The van der Waals surface area contributed by atoms with Crippen LogP contribution in [0.4, 0.5) is 10.5 Å². The maximum atomic E-state index is 12.6. The van der Waals surface area contributed by atoms with E-state index in [1.165, 1.54) is 0 Å². The smallest absolute Gasteiger partial charge is 0.321 e. The van der Waals surface area contributed by atoms with Crippen molar-refractivity contribution in [2.45, 2.75) is 39.2 Å². The Labute approximate surface area is 125 Å². The van der Waals surface area contributed by atoms with Crippen molar-refractivity contribution in [3.05, 3.63) is 29.3 Å². The quantitative estimate of drug-likeness (QED) is 0.843. The van der Waals surface area contributed by atoms with Crippen LogP contribution in [0, 0.1) is 11.8 Å². The number of amides is 2. The van der Waals surface area contributed by atoms with Gasteiger partial charge in [-0.3, -0.25) is 4.79 Å². The summed E-state index contributed by atoms with van der Waals surface area (Å²) in [4.78, 5) is 25.9. The van der Waals surface area contributed by atoms with E-state index in [-0.39, 0.29) is 17.7 Å². The van der Waals surface area contributed by atoms with E-state index in [4.69, 9.17) is 0 Å². The highest BCUT2D eigenvalue weighted by atomic mass is 16.2. The molecule has 3 rings (SSSR count). The largest absolute Gasteiger partial charge is 0.323 e. The molecule has 4 nitrogen and oxygen atoms in total. The van der Waals surface area contributed by atoms with E-state index in [9.17, 15) is 9.59 Å². The van der Waals surface area contributed by atoms with E-state index >= 15 is 0 Å². The number of hydrogen-bond acceptors (Lipinski definition) is 2. The van der Waals surface area contributed by atoms with Gasteiger partial charge in [0.05, 0.1) is 0 Å². The normalized spacial score (nSPS) is 25.2. The third-order valence-corrected chi connectivity index (χ3v) is 4.77. The van der Waals surface area contributed by atoms with Gasteiger partial charge in [0.15, 0.2) is 5.78 Å². The SMILES string of the molecule is CC1CCC(C(=O)c2ccc3c(c2)CN(C)C(=O)N3)CC1. The number of rotatable bonds is 2. The molecule has 1 heterocycles. The third-order valence-electron chi connectivity index (χ3n) is 4.77. The molecule has 0 aromatic heterocycles. The molecule has 0 radical (unpaired) electrons. The average molecular weight is 286 g/mol. The van der Waals surface area contributed by atoms with Crippen molar-refractivity contribution in [1.29, 1.82) is 0 Å². The first kappa shape index (κ1) is 14.1. The van der Waals surface area contributed by atoms with Crippen molar-refractivity contribution in [1.82, 2.24) is 4.90 Å². The number of benzene rings is 1. The first-order valence-corrected chi connectivity index (χ1v) is 7.74. The van der Waals surface area contributed by atoms with E-state index in [2.05, 4.69) is 12.2 Å². The van der Waals surface area contributed by atoms with E-state index in [1.54, 1.807) is 11.9 Å². The maximum absolute atomic E-state index is 12.6. The predicted octanol–water partition coefficient (Wildman–Crippen LogP) is 3.67. The Bertz CT molecular complexity index is 574. The van der Waals surface area contributed by atoms with Gasteiger partial charge >= 0.3 is 6.03 Å². The lowest BCUT2D eigenvalue weighted by Gasteiger charge is -2.27. The van der Waals surface area contributed by atoms with Crippen molar-refractivity contribution in [3.63, 3.8) is 0 Å². The average Bonchev–Trinajstić information content (AvgIpc) is 2.48. The van der Waals surface area contributed by atoms with Gasteiger partial charge in [0.2, 0.25) is 0 Å². The summed E-state index contributed by atoms with van der Waals surface area (Å²) in [5.41, 5.74) is 2.64. The maximum Gasteiger partial charge on any atom is 0.321 e. The van der Waals surface area contributed by atoms with Crippen LogP contribution in [0.2, 0.25) is 0 Å². The van der Waals surface area contributed by atoms with Crippen molar-refractivity contribution in [2.75, 3.05) is 12.4 Å². The summed E-state index contributed by atoms with van der Waals surface area (Å²) < 4.78 is 0. The van der Waals surface area contributed by atoms with Gasteiger partial charge in [0, 0.05) is 30.8 Å². The summed E-state index contributed by atoms with van der Waals surface area (Å²) in [5, 5.41) is 2.84. The molecule has 1 aromatic rings. The topological polar surface area (TPSA) is 49.4 Å². The number of anilines is 1. The van der Waals surface area contributed by atoms with E-state index in [0.717, 1.165) is 48.4 Å². The van der Waals surface area contributed by atoms with Crippen LogP contribution in [0.1, 0.15) is 48.5 Å². The number of Topliss-reactive ketones (excluding diaryl/α,β-unsaturated/α-hetero) is 1. The molecule has 0 spiro atoms. The number of fused-ring (bicyclic) bond motifs is 1. The summed E-state index contributed by atoms with van der Waals surface area (Å²) in [7, 11) is 1.76. The van der Waals surface area contributed by atoms with Crippen LogP contribution in [-0.4, -0.2) is 23.8 Å². The minimum atomic E-state index is -0.0946. The second-order valence-electron chi connectivity index (χ2n) is 6.48. The standard InChI is InChI=1S/C17H22N2O2/c1-11-3-5-12(6-4-11)16(20)13-7-8-15-14(9-13)10-19(2)17(21)18-15/h7-9,11-12H,3-6,10H2,1-2H3,(H,18,21). The van der Waals surface area contributed by atoms with E-state index in [1.807, 2.05) is 18.2 Å². The Hall–Kier alpha value is -1.84. The molecule has 0 saturated heterocycles. The molecular weight excluding hydrogens is 264 g/mol. The van der Waals surface area contributed by atoms with Gasteiger partial charge in [-0.15, -0.1) is 0 Å². The lowest BCUT2D eigenvalue weighted by Crippen LogP contribution is -2.35. The minimum Gasteiger partial charge on any atom is -0.323 e. The second kappa shape index (κ2) is 5.51. The summed E-state index contributed by atoms with van der Waals surface area (Å²) in [5.74, 6) is 1.20. The van der Waals surface area contributed by atoms with Crippen LogP contribution in [0.3, 0.4) is 0 Å². The Kier molecular flexibility index (Phi) is 3.70. The van der Waals surface area contributed by atoms with E-state index in [0.29, 0.717) is 6.54 Å². The number of urea groups is 1. The molecule has 1 aromatic carbocycles. The number of carbonyl (C=O) groups is 2. The van der Waals surface area contributed by atoms with Crippen LogP contribution in [0.25, 0.3) is 0 Å². The van der Waals surface area contributed by atoms with Gasteiger partial charge in [-0.1, -0.05) is 19.8 Å². The minimum absolute atomic E-state index is 0.0946. The number of nitrogens with one attached hydrogen (secondary N) is 1. The van der Waals surface area contributed by atoms with Crippen LogP contribution < -0.4 is 5.32 Å². The van der Waals surface area contributed by atoms with Gasteiger partial charge in [-0.05, 0) is 42.5 Å². The molecule has 4 heteroatoms. The van der Waals surface area contributed by atoms with Crippen LogP contribution in [-0.2, 0) is 6.54 Å². The molecular formula is C17H22N2O2. The summed E-state index contributed by atoms with van der Waals surface area (Å²) in [6, 6.07) is 5.57. The Morgan fingerprint density at radius 2 is 1.95 bits per heavy atom. The van der Waals surface area contributed by atoms with Gasteiger partial charge in [-0.25, -0.2) is 4.79 Å². The summed E-state index contributed by atoms with van der Waals surface area (Å²) in [6.45, 7) is 2.82.